The molecule has 6 nitrogen and oxygen atoms in total. The molecule has 1 atom stereocenters. The van der Waals surface area contributed by atoms with E-state index in [1.54, 1.807) is 35.7 Å². The van der Waals surface area contributed by atoms with E-state index in [0.717, 1.165) is 11.3 Å². The van der Waals surface area contributed by atoms with Gasteiger partial charge in [0, 0.05) is 23.9 Å². The van der Waals surface area contributed by atoms with Gasteiger partial charge in [0.2, 0.25) is 0 Å². The second-order valence-electron chi connectivity index (χ2n) is 5.87. The maximum atomic E-state index is 13.0. The van der Waals surface area contributed by atoms with Crippen LogP contribution in [0.2, 0.25) is 0 Å². The topological polar surface area (TPSA) is 72.7 Å². The Morgan fingerprint density at radius 2 is 2.08 bits per heavy atom. The number of carbonyl (C=O) groups is 1. The van der Waals surface area contributed by atoms with Crippen molar-refractivity contribution in [3.05, 3.63) is 69.5 Å². The first-order valence-electron chi connectivity index (χ1n) is 8.01. The summed E-state index contributed by atoms with van der Waals surface area (Å²) in [4.78, 5) is 25.0. The molecule has 8 heteroatoms. The molecule has 0 radical (unpaired) electrons. The summed E-state index contributed by atoms with van der Waals surface area (Å²) >= 11 is 1.55. The van der Waals surface area contributed by atoms with Crippen LogP contribution in [0.1, 0.15) is 15.9 Å². The largest absolute Gasteiger partial charge is 0.484 e. The molecule has 1 aliphatic heterocycles. The first-order chi connectivity index (χ1) is 12.5. The van der Waals surface area contributed by atoms with Gasteiger partial charge in [-0.15, -0.1) is 11.8 Å². The molecular formula is C18H17FN2O4S. The normalized spacial score (nSPS) is 16.5. The number of carbonyl (C=O) groups excluding carboxylic acids is 1. The molecule has 3 rings (SSSR count). The van der Waals surface area contributed by atoms with Gasteiger partial charge in [-0.25, -0.2) is 4.39 Å². The number of rotatable bonds is 5. The van der Waals surface area contributed by atoms with Gasteiger partial charge in [0.1, 0.15) is 17.8 Å². The predicted octanol–water partition coefficient (Wildman–Crippen LogP) is 3.64. The van der Waals surface area contributed by atoms with Crippen molar-refractivity contribution in [1.82, 2.24) is 4.90 Å². The van der Waals surface area contributed by atoms with Gasteiger partial charge in [0.05, 0.1) is 4.92 Å². The molecule has 0 unspecified atom stereocenters. The molecule has 0 aromatic heterocycles. The summed E-state index contributed by atoms with van der Waals surface area (Å²) in [5.74, 6) is 0.324. The number of benzene rings is 2. The van der Waals surface area contributed by atoms with Crippen molar-refractivity contribution in [3.8, 4) is 5.75 Å². The molecule has 1 saturated heterocycles. The van der Waals surface area contributed by atoms with E-state index in [4.69, 9.17) is 4.74 Å². The Morgan fingerprint density at radius 3 is 2.77 bits per heavy atom. The van der Waals surface area contributed by atoms with E-state index in [0.29, 0.717) is 12.1 Å². The first-order valence-corrected chi connectivity index (χ1v) is 9.06. The maximum Gasteiger partial charge on any atom is 0.311 e. The van der Waals surface area contributed by atoms with Crippen LogP contribution in [0.4, 0.5) is 10.1 Å². The fraction of sp³-hybridized carbons (Fsp3) is 0.278. The Bertz CT molecular complexity index is 828. The number of halogens is 1. The minimum absolute atomic E-state index is 0.0931. The molecule has 1 heterocycles. The Labute approximate surface area is 154 Å². The summed E-state index contributed by atoms with van der Waals surface area (Å²) in [5, 5.41) is 10.9. The van der Waals surface area contributed by atoms with Crippen LogP contribution in [0.25, 0.3) is 0 Å². The number of hydrogen-bond donors (Lipinski definition) is 0. The number of nitrogens with zero attached hydrogens (tertiary/aromatic N) is 2. The zero-order valence-corrected chi connectivity index (χ0v) is 14.9. The van der Waals surface area contributed by atoms with Crippen molar-refractivity contribution >= 4 is 23.4 Å². The van der Waals surface area contributed by atoms with Crippen molar-refractivity contribution in [2.45, 2.75) is 12.3 Å². The van der Waals surface area contributed by atoms with E-state index in [-0.39, 0.29) is 29.3 Å². The highest BCUT2D eigenvalue weighted by Gasteiger charge is 2.31. The zero-order chi connectivity index (χ0) is 18.7. The Balaban J connectivity index is 1.71. The Hall–Kier alpha value is -2.61. The molecule has 0 aliphatic carbocycles. The van der Waals surface area contributed by atoms with Crippen LogP contribution in [0.3, 0.4) is 0 Å². The van der Waals surface area contributed by atoms with Crippen molar-refractivity contribution < 1.29 is 18.8 Å². The average molecular weight is 376 g/mol. The van der Waals surface area contributed by atoms with Gasteiger partial charge in [0.15, 0.2) is 5.75 Å². The molecule has 1 amide bonds. The third-order valence-electron chi connectivity index (χ3n) is 4.03. The summed E-state index contributed by atoms with van der Waals surface area (Å²) in [5.41, 5.74) is 1.08. The number of amides is 1. The summed E-state index contributed by atoms with van der Waals surface area (Å²) in [6, 6.07) is 10.2. The molecular weight excluding hydrogens is 359 g/mol. The van der Waals surface area contributed by atoms with Crippen LogP contribution >= 0.6 is 11.8 Å². The standard InChI is InChI=1S/C18H17FN2O4S/c1-12-2-7-16(15(10-12)21(23)24)25-11-17-20(8-9-26-17)18(22)13-3-5-14(19)6-4-13/h2-7,10,17H,8-9,11H2,1H3/t17-/m0/s1. The van der Waals surface area contributed by atoms with Gasteiger partial charge in [-0.05, 0) is 42.8 Å². The molecule has 26 heavy (non-hydrogen) atoms. The fourth-order valence-corrected chi connectivity index (χ4v) is 3.82. The second kappa shape index (κ2) is 7.74. The lowest BCUT2D eigenvalue weighted by molar-refractivity contribution is -0.385. The van der Waals surface area contributed by atoms with Crippen LogP contribution in [-0.2, 0) is 0 Å². The van der Waals surface area contributed by atoms with E-state index in [1.807, 2.05) is 0 Å². The Morgan fingerprint density at radius 1 is 1.35 bits per heavy atom. The molecule has 1 aliphatic rings. The highest BCUT2D eigenvalue weighted by Crippen LogP contribution is 2.31. The fourth-order valence-electron chi connectivity index (χ4n) is 2.70. The van der Waals surface area contributed by atoms with Gasteiger partial charge in [-0.1, -0.05) is 6.07 Å². The van der Waals surface area contributed by atoms with Crippen LogP contribution < -0.4 is 4.74 Å². The third kappa shape index (κ3) is 3.96. The number of nitro groups is 1. The summed E-state index contributed by atoms with van der Waals surface area (Å²) in [6.07, 6.45) is 0. The van der Waals surface area contributed by atoms with Crippen LogP contribution in [-0.4, -0.2) is 40.0 Å². The molecule has 0 bridgehead atoms. The van der Waals surface area contributed by atoms with Gasteiger partial charge >= 0.3 is 5.69 Å². The molecule has 2 aromatic carbocycles. The second-order valence-corrected chi connectivity index (χ2v) is 7.16. The van der Waals surface area contributed by atoms with Crippen molar-refractivity contribution in [2.24, 2.45) is 0 Å². The van der Waals surface area contributed by atoms with E-state index < -0.39 is 10.7 Å². The summed E-state index contributed by atoms with van der Waals surface area (Å²) in [7, 11) is 0. The lowest BCUT2D eigenvalue weighted by atomic mass is 10.2. The molecule has 0 N–H and O–H groups in total. The third-order valence-corrected chi connectivity index (χ3v) is 5.23. The lowest BCUT2D eigenvalue weighted by Crippen LogP contribution is -2.38. The monoisotopic (exact) mass is 376 g/mol. The van der Waals surface area contributed by atoms with Crippen LogP contribution in [0.15, 0.2) is 42.5 Å². The van der Waals surface area contributed by atoms with Crippen LogP contribution in [0, 0.1) is 22.9 Å². The van der Waals surface area contributed by atoms with E-state index >= 15 is 0 Å². The van der Waals surface area contributed by atoms with Crippen molar-refractivity contribution in [1.29, 1.82) is 0 Å². The highest BCUT2D eigenvalue weighted by atomic mass is 32.2. The quantitative estimate of drug-likeness (QED) is 0.588. The molecule has 136 valence electrons. The first kappa shape index (κ1) is 18.2. The van der Waals surface area contributed by atoms with E-state index in [1.165, 1.54) is 30.3 Å². The molecule has 0 saturated carbocycles. The maximum absolute atomic E-state index is 13.0. The predicted molar refractivity (Wildman–Crippen MR) is 97.0 cm³/mol. The SMILES string of the molecule is Cc1ccc(OC[C@@H]2SCCN2C(=O)c2ccc(F)cc2)c([N+](=O)[O-])c1. The lowest BCUT2D eigenvalue weighted by Gasteiger charge is -2.24. The van der Waals surface area contributed by atoms with E-state index in [9.17, 15) is 19.3 Å². The highest BCUT2D eigenvalue weighted by molar-refractivity contribution is 8.00. The van der Waals surface area contributed by atoms with E-state index in [2.05, 4.69) is 0 Å². The average Bonchev–Trinajstić information content (AvgIpc) is 3.09. The molecule has 1 fully saturated rings. The summed E-state index contributed by atoms with van der Waals surface area (Å²) in [6.45, 7) is 2.46. The number of nitro benzene ring substituents is 1. The number of aryl methyl sites for hydroxylation is 1. The minimum Gasteiger partial charge on any atom is -0.484 e. The van der Waals surface area contributed by atoms with Gasteiger partial charge in [-0.3, -0.25) is 14.9 Å². The number of hydrogen-bond acceptors (Lipinski definition) is 5. The minimum atomic E-state index is -0.481. The van der Waals surface area contributed by atoms with Crippen molar-refractivity contribution in [2.75, 3.05) is 18.9 Å². The smallest absolute Gasteiger partial charge is 0.311 e. The van der Waals surface area contributed by atoms with Crippen LogP contribution in [0.5, 0.6) is 5.75 Å². The molecule has 2 aromatic rings. The van der Waals surface area contributed by atoms with Gasteiger partial charge < -0.3 is 9.64 Å². The zero-order valence-electron chi connectivity index (χ0n) is 14.1. The summed E-state index contributed by atoms with van der Waals surface area (Å²) < 4.78 is 18.7. The van der Waals surface area contributed by atoms with Crippen molar-refractivity contribution in [3.63, 3.8) is 0 Å². The Kier molecular flexibility index (Phi) is 5.41. The van der Waals surface area contributed by atoms with Gasteiger partial charge in [0.25, 0.3) is 5.91 Å². The number of thioether (sulfide) groups is 1. The molecule has 0 spiro atoms. The van der Waals surface area contributed by atoms with Gasteiger partial charge in [-0.2, -0.15) is 0 Å². The number of ether oxygens (including phenoxy) is 1.